The fraction of sp³-hybridized carbons (Fsp3) is 0.381. The SMILES string of the molecule is Cc1ccc(-c2c(CN)c(C)nc3nc(C(=O)NC4CCOCC4)cn23)c(Cl)c1. The van der Waals surface area contributed by atoms with Gasteiger partial charge in [0.2, 0.25) is 5.78 Å². The molecule has 1 saturated heterocycles. The molecule has 3 heterocycles. The number of halogens is 1. The van der Waals surface area contributed by atoms with Gasteiger partial charge in [-0.15, -0.1) is 0 Å². The van der Waals surface area contributed by atoms with Gasteiger partial charge < -0.3 is 15.8 Å². The van der Waals surface area contributed by atoms with Gasteiger partial charge in [-0.3, -0.25) is 9.20 Å². The molecule has 1 aliphatic rings. The van der Waals surface area contributed by atoms with Crippen molar-refractivity contribution in [3.63, 3.8) is 0 Å². The first-order valence-electron chi connectivity index (χ1n) is 9.71. The molecule has 0 atom stereocenters. The van der Waals surface area contributed by atoms with Gasteiger partial charge in [-0.05, 0) is 38.3 Å². The van der Waals surface area contributed by atoms with Crippen LogP contribution in [0.5, 0.6) is 0 Å². The molecule has 4 rings (SSSR count). The van der Waals surface area contributed by atoms with E-state index in [0.29, 0.717) is 36.3 Å². The number of aryl methyl sites for hydroxylation is 2. The lowest BCUT2D eigenvalue weighted by Gasteiger charge is -2.22. The van der Waals surface area contributed by atoms with E-state index in [1.807, 2.05) is 36.4 Å². The van der Waals surface area contributed by atoms with Gasteiger partial charge in [-0.2, -0.15) is 0 Å². The third-order valence-electron chi connectivity index (χ3n) is 5.29. The Morgan fingerprint density at radius 3 is 2.76 bits per heavy atom. The van der Waals surface area contributed by atoms with Gasteiger partial charge in [0, 0.05) is 48.8 Å². The number of nitrogens with one attached hydrogen (secondary N) is 1. The molecule has 0 unspecified atom stereocenters. The maximum absolute atomic E-state index is 12.8. The van der Waals surface area contributed by atoms with Crippen LogP contribution >= 0.6 is 11.6 Å². The first kappa shape index (κ1) is 19.8. The summed E-state index contributed by atoms with van der Waals surface area (Å²) in [6.07, 6.45) is 3.32. The molecule has 3 N–H and O–H groups in total. The second-order valence-electron chi connectivity index (χ2n) is 7.37. The van der Waals surface area contributed by atoms with Crippen LogP contribution in [0.25, 0.3) is 17.0 Å². The number of aromatic nitrogens is 3. The van der Waals surface area contributed by atoms with E-state index in [9.17, 15) is 4.79 Å². The first-order chi connectivity index (χ1) is 14.0. The minimum absolute atomic E-state index is 0.0985. The second-order valence-corrected chi connectivity index (χ2v) is 7.78. The lowest BCUT2D eigenvalue weighted by molar-refractivity contribution is 0.0694. The molecular weight excluding hydrogens is 390 g/mol. The molecule has 0 aliphatic carbocycles. The number of hydrogen-bond acceptors (Lipinski definition) is 5. The monoisotopic (exact) mass is 413 g/mol. The van der Waals surface area contributed by atoms with Crippen molar-refractivity contribution in [3.05, 3.63) is 51.9 Å². The number of carbonyl (C=O) groups excluding carboxylic acids is 1. The lowest BCUT2D eigenvalue weighted by Crippen LogP contribution is -2.39. The number of benzene rings is 1. The predicted molar refractivity (Wildman–Crippen MR) is 112 cm³/mol. The van der Waals surface area contributed by atoms with Gasteiger partial charge in [0.25, 0.3) is 5.91 Å². The molecule has 1 amide bonds. The summed E-state index contributed by atoms with van der Waals surface area (Å²) in [4.78, 5) is 21.8. The number of nitrogens with two attached hydrogens (primary N) is 1. The molecule has 29 heavy (non-hydrogen) atoms. The van der Waals surface area contributed by atoms with Gasteiger partial charge in [-0.1, -0.05) is 23.7 Å². The highest BCUT2D eigenvalue weighted by Crippen LogP contribution is 2.33. The van der Waals surface area contributed by atoms with E-state index in [-0.39, 0.29) is 11.9 Å². The third-order valence-corrected chi connectivity index (χ3v) is 5.60. The van der Waals surface area contributed by atoms with Crippen molar-refractivity contribution in [2.24, 2.45) is 5.73 Å². The average molecular weight is 414 g/mol. The Kier molecular flexibility index (Phi) is 5.54. The van der Waals surface area contributed by atoms with Crippen molar-refractivity contribution in [2.75, 3.05) is 13.2 Å². The van der Waals surface area contributed by atoms with Crippen LogP contribution in [0.15, 0.2) is 24.4 Å². The summed E-state index contributed by atoms with van der Waals surface area (Å²) in [5.74, 6) is 0.235. The minimum atomic E-state index is -0.213. The summed E-state index contributed by atoms with van der Waals surface area (Å²) in [5, 5.41) is 3.66. The fourth-order valence-electron chi connectivity index (χ4n) is 3.71. The van der Waals surface area contributed by atoms with Gasteiger partial charge in [0.1, 0.15) is 5.69 Å². The molecule has 0 bridgehead atoms. The Balaban J connectivity index is 1.80. The van der Waals surface area contributed by atoms with Crippen molar-refractivity contribution in [1.29, 1.82) is 0 Å². The Morgan fingerprint density at radius 2 is 2.07 bits per heavy atom. The van der Waals surface area contributed by atoms with Gasteiger partial charge in [0.05, 0.1) is 10.7 Å². The summed E-state index contributed by atoms with van der Waals surface area (Å²) < 4.78 is 7.16. The van der Waals surface area contributed by atoms with E-state index in [0.717, 1.165) is 40.9 Å². The quantitative estimate of drug-likeness (QED) is 0.685. The zero-order valence-corrected chi connectivity index (χ0v) is 17.3. The van der Waals surface area contributed by atoms with Crippen molar-refractivity contribution < 1.29 is 9.53 Å². The zero-order valence-electron chi connectivity index (χ0n) is 16.5. The van der Waals surface area contributed by atoms with Crippen LogP contribution in [0.2, 0.25) is 5.02 Å². The van der Waals surface area contributed by atoms with E-state index >= 15 is 0 Å². The Hall–Kier alpha value is -2.48. The van der Waals surface area contributed by atoms with Gasteiger partial charge in [0.15, 0.2) is 0 Å². The molecular formula is C21H24ClN5O2. The highest BCUT2D eigenvalue weighted by atomic mass is 35.5. The lowest BCUT2D eigenvalue weighted by atomic mass is 10.0. The predicted octanol–water partition coefficient (Wildman–Crippen LogP) is 3.03. The Morgan fingerprint density at radius 1 is 1.31 bits per heavy atom. The van der Waals surface area contributed by atoms with E-state index < -0.39 is 0 Å². The van der Waals surface area contributed by atoms with Gasteiger partial charge >= 0.3 is 0 Å². The third kappa shape index (κ3) is 3.85. The molecule has 152 valence electrons. The summed E-state index contributed by atoms with van der Waals surface area (Å²) in [7, 11) is 0. The maximum atomic E-state index is 12.8. The minimum Gasteiger partial charge on any atom is -0.381 e. The standard InChI is InChI=1S/C21H24ClN5O2/c1-12-3-4-15(17(22)9-12)19-16(10-23)13(2)24-21-26-18(11-27(19)21)20(28)25-14-5-7-29-8-6-14/h3-4,9,11,14H,5-8,10,23H2,1-2H3,(H,25,28). The van der Waals surface area contributed by atoms with Crippen molar-refractivity contribution in [3.8, 4) is 11.3 Å². The smallest absolute Gasteiger partial charge is 0.271 e. The zero-order chi connectivity index (χ0) is 20.5. The second kappa shape index (κ2) is 8.10. The fourth-order valence-corrected chi connectivity index (χ4v) is 4.03. The van der Waals surface area contributed by atoms with Crippen LogP contribution in [0.4, 0.5) is 0 Å². The van der Waals surface area contributed by atoms with Crippen LogP contribution in [0, 0.1) is 13.8 Å². The van der Waals surface area contributed by atoms with E-state index in [1.54, 1.807) is 6.20 Å². The molecule has 0 radical (unpaired) electrons. The number of imidazole rings is 1. The molecule has 2 aromatic heterocycles. The highest BCUT2D eigenvalue weighted by Gasteiger charge is 2.22. The van der Waals surface area contributed by atoms with Crippen LogP contribution in [-0.2, 0) is 11.3 Å². The molecule has 0 spiro atoms. The Bertz CT molecular complexity index is 1070. The normalized spacial score (nSPS) is 15.0. The Labute approximate surface area is 174 Å². The molecule has 7 nitrogen and oxygen atoms in total. The molecule has 8 heteroatoms. The van der Waals surface area contributed by atoms with Crippen LogP contribution in [0.1, 0.15) is 40.2 Å². The van der Waals surface area contributed by atoms with Crippen LogP contribution in [-0.4, -0.2) is 39.5 Å². The average Bonchev–Trinajstić information content (AvgIpc) is 3.12. The molecule has 0 saturated carbocycles. The van der Waals surface area contributed by atoms with Crippen molar-refractivity contribution in [2.45, 2.75) is 39.3 Å². The molecule has 3 aromatic rings. The number of carbonyl (C=O) groups is 1. The van der Waals surface area contributed by atoms with E-state index in [4.69, 9.17) is 22.1 Å². The van der Waals surface area contributed by atoms with E-state index in [2.05, 4.69) is 15.3 Å². The number of rotatable bonds is 4. The summed E-state index contributed by atoms with van der Waals surface area (Å²) >= 11 is 6.56. The number of hydrogen-bond donors (Lipinski definition) is 2. The number of ether oxygens (including phenoxy) is 1. The van der Waals surface area contributed by atoms with Crippen molar-refractivity contribution in [1.82, 2.24) is 19.7 Å². The molecule has 1 aromatic carbocycles. The van der Waals surface area contributed by atoms with Crippen LogP contribution < -0.4 is 11.1 Å². The maximum Gasteiger partial charge on any atom is 0.271 e. The highest BCUT2D eigenvalue weighted by molar-refractivity contribution is 6.33. The first-order valence-corrected chi connectivity index (χ1v) is 10.1. The number of amides is 1. The molecule has 1 aliphatic heterocycles. The largest absolute Gasteiger partial charge is 0.381 e. The number of fused-ring (bicyclic) bond motifs is 1. The summed E-state index contributed by atoms with van der Waals surface area (Å²) in [6, 6.07) is 5.97. The van der Waals surface area contributed by atoms with Gasteiger partial charge in [-0.25, -0.2) is 9.97 Å². The van der Waals surface area contributed by atoms with Crippen LogP contribution in [0.3, 0.4) is 0 Å². The molecule has 1 fully saturated rings. The van der Waals surface area contributed by atoms with Crippen molar-refractivity contribution >= 4 is 23.3 Å². The topological polar surface area (TPSA) is 94.5 Å². The summed E-state index contributed by atoms with van der Waals surface area (Å²) in [6.45, 7) is 5.50. The van der Waals surface area contributed by atoms with E-state index in [1.165, 1.54) is 0 Å². The number of nitrogens with zero attached hydrogens (tertiary/aromatic N) is 3. The summed E-state index contributed by atoms with van der Waals surface area (Å²) in [5.41, 5.74) is 10.7.